The van der Waals surface area contributed by atoms with Gasteiger partial charge >= 0.3 is 0 Å². The smallest absolute Gasteiger partial charge is 0.170 e. The summed E-state index contributed by atoms with van der Waals surface area (Å²) in [6.07, 6.45) is 1.53. The standard InChI is InChI=1S/C7H3Cl2NO/c8-4-3-6(9)10-5-1-2-11-7(4)5/h1-3H. The van der Waals surface area contributed by atoms with Gasteiger partial charge in [0.25, 0.3) is 0 Å². The zero-order valence-electron chi connectivity index (χ0n) is 5.34. The van der Waals surface area contributed by atoms with Gasteiger partial charge in [-0.25, -0.2) is 4.98 Å². The molecule has 0 amide bonds. The Hall–Kier alpha value is -0.730. The van der Waals surface area contributed by atoms with E-state index in [0.717, 1.165) is 0 Å². The molecule has 0 aliphatic carbocycles. The molecule has 11 heavy (non-hydrogen) atoms. The van der Waals surface area contributed by atoms with E-state index >= 15 is 0 Å². The van der Waals surface area contributed by atoms with Crippen LogP contribution in [-0.2, 0) is 0 Å². The number of hydrogen-bond acceptors (Lipinski definition) is 2. The van der Waals surface area contributed by atoms with E-state index in [0.29, 0.717) is 21.3 Å². The minimum atomic E-state index is 0.379. The third-order valence-electron chi connectivity index (χ3n) is 1.33. The maximum Gasteiger partial charge on any atom is 0.170 e. The Morgan fingerprint density at radius 1 is 1.36 bits per heavy atom. The first-order valence-electron chi connectivity index (χ1n) is 2.96. The molecule has 0 saturated heterocycles. The minimum absolute atomic E-state index is 0.379. The van der Waals surface area contributed by atoms with Crippen LogP contribution in [0.15, 0.2) is 22.8 Å². The Balaban J connectivity index is 2.91. The lowest BCUT2D eigenvalue weighted by molar-refractivity contribution is 0.615. The summed E-state index contributed by atoms with van der Waals surface area (Å²) >= 11 is 11.4. The Bertz CT molecular complexity index is 396. The third-order valence-corrected chi connectivity index (χ3v) is 1.81. The van der Waals surface area contributed by atoms with Crippen molar-refractivity contribution in [1.29, 1.82) is 0 Å². The van der Waals surface area contributed by atoms with Gasteiger partial charge in [-0.1, -0.05) is 23.2 Å². The molecule has 2 nitrogen and oxygen atoms in total. The van der Waals surface area contributed by atoms with Crippen molar-refractivity contribution in [3.8, 4) is 0 Å². The van der Waals surface area contributed by atoms with Crippen LogP contribution in [0, 0.1) is 0 Å². The highest BCUT2D eigenvalue weighted by Crippen LogP contribution is 2.25. The number of aromatic nitrogens is 1. The van der Waals surface area contributed by atoms with Gasteiger partial charge in [0.2, 0.25) is 0 Å². The fraction of sp³-hybridized carbons (Fsp3) is 0. The average Bonchev–Trinajstić information content (AvgIpc) is 2.34. The molecule has 0 spiro atoms. The van der Waals surface area contributed by atoms with Gasteiger partial charge < -0.3 is 4.42 Å². The molecule has 2 rings (SSSR count). The van der Waals surface area contributed by atoms with Gasteiger partial charge in [0.15, 0.2) is 5.58 Å². The second-order valence-corrected chi connectivity index (χ2v) is 2.86. The summed E-state index contributed by atoms with van der Waals surface area (Å²) in [6, 6.07) is 3.27. The van der Waals surface area contributed by atoms with Crippen molar-refractivity contribution in [3.63, 3.8) is 0 Å². The summed E-state index contributed by atoms with van der Waals surface area (Å²) in [5, 5.41) is 0.869. The molecule has 0 N–H and O–H groups in total. The number of rotatable bonds is 0. The minimum Gasteiger partial charge on any atom is -0.461 e. The summed E-state index contributed by atoms with van der Waals surface area (Å²) in [7, 11) is 0. The molecule has 0 aliphatic heterocycles. The molecule has 0 saturated carbocycles. The van der Waals surface area contributed by atoms with E-state index in [1.165, 1.54) is 6.26 Å². The van der Waals surface area contributed by atoms with Crippen LogP contribution in [-0.4, -0.2) is 4.98 Å². The molecule has 56 valence electrons. The van der Waals surface area contributed by atoms with Gasteiger partial charge in [-0.05, 0) is 6.07 Å². The van der Waals surface area contributed by atoms with Crippen molar-refractivity contribution >= 4 is 34.3 Å². The Kier molecular flexibility index (Phi) is 1.51. The largest absolute Gasteiger partial charge is 0.461 e. The first kappa shape index (κ1) is 6.95. The second kappa shape index (κ2) is 2.40. The van der Waals surface area contributed by atoms with Gasteiger partial charge in [0.05, 0.1) is 11.3 Å². The van der Waals surface area contributed by atoms with Crippen LogP contribution in [0.1, 0.15) is 0 Å². The maximum absolute atomic E-state index is 5.79. The lowest BCUT2D eigenvalue weighted by Crippen LogP contribution is -1.75. The molecule has 0 fully saturated rings. The van der Waals surface area contributed by atoms with Crippen LogP contribution in [0.4, 0.5) is 0 Å². The molecular weight excluding hydrogens is 185 g/mol. The van der Waals surface area contributed by atoms with E-state index in [9.17, 15) is 0 Å². The number of halogens is 2. The fourth-order valence-electron chi connectivity index (χ4n) is 0.887. The number of pyridine rings is 1. The van der Waals surface area contributed by atoms with Crippen molar-refractivity contribution in [2.45, 2.75) is 0 Å². The lowest BCUT2D eigenvalue weighted by Gasteiger charge is -1.91. The highest BCUT2D eigenvalue weighted by Gasteiger charge is 2.04. The number of nitrogens with zero attached hydrogens (tertiary/aromatic N) is 1. The van der Waals surface area contributed by atoms with Gasteiger partial charge in [0.1, 0.15) is 10.7 Å². The quantitative estimate of drug-likeness (QED) is 0.593. The SMILES string of the molecule is Clc1cc(Cl)c2occc2n1. The number of hydrogen-bond donors (Lipinski definition) is 0. The Morgan fingerprint density at radius 2 is 2.18 bits per heavy atom. The zero-order valence-corrected chi connectivity index (χ0v) is 6.86. The lowest BCUT2D eigenvalue weighted by atomic mass is 10.4. The van der Waals surface area contributed by atoms with E-state index < -0.39 is 0 Å². The zero-order chi connectivity index (χ0) is 7.84. The summed E-state index contributed by atoms with van der Waals surface area (Å²) in [5.41, 5.74) is 1.26. The third kappa shape index (κ3) is 1.08. The highest BCUT2D eigenvalue weighted by molar-refractivity contribution is 6.37. The van der Waals surface area contributed by atoms with Crippen molar-refractivity contribution in [2.24, 2.45) is 0 Å². The molecule has 0 unspecified atom stereocenters. The molecule has 2 aromatic heterocycles. The monoisotopic (exact) mass is 187 g/mol. The van der Waals surface area contributed by atoms with Gasteiger partial charge in [-0.15, -0.1) is 0 Å². The number of fused-ring (bicyclic) bond motifs is 1. The van der Waals surface area contributed by atoms with Crippen LogP contribution in [0.3, 0.4) is 0 Å². The van der Waals surface area contributed by atoms with Crippen molar-refractivity contribution in [1.82, 2.24) is 4.98 Å². The molecule has 4 heteroatoms. The summed E-state index contributed by atoms with van der Waals surface area (Å²) < 4.78 is 5.05. The van der Waals surface area contributed by atoms with Crippen molar-refractivity contribution < 1.29 is 4.42 Å². The summed E-state index contributed by atoms with van der Waals surface area (Å²) in [6.45, 7) is 0. The average molecular weight is 188 g/mol. The first-order chi connectivity index (χ1) is 5.27. The Labute approximate surface area is 72.7 Å². The molecular formula is C7H3Cl2NO. The van der Waals surface area contributed by atoms with Gasteiger partial charge in [-0.3, -0.25) is 0 Å². The molecule has 0 bridgehead atoms. The van der Waals surface area contributed by atoms with E-state index in [1.807, 2.05) is 0 Å². The van der Waals surface area contributed by atoms with E-state index in [1.54, 1.807) is 12.1 Å². The fourth-order valence-corrected chi connectivity index (χ4v) is 1.39. The molecule has 0 atom stereocenters. The number of furan rings is 1. The molecule has 0 aliphatic rings. The molecule has 0 aromatic carbocycles. The first-order valence-corrected chi connectivity index (χ1v) is 3.72. The maximum atomic E-state index is 5.79. The van der Waals surface area contributed by atoms with E-state index in [2.05, 4.69) is 4.98 Å². The van der Waals surface area contributed by atoms with Crippen LogP contribution >= 0.6 is 23.2 Å². The molecule has 2 heterocycles. The van der Waals surface area contributed by atoms with Gasteiger partial charge in [-0.2, -0.15) is 0 Å². The topological polar surface area (TPSA) is 26.0 Å². The predicted octanol–water partition coefficient (Wildman–Crippen LogP) is 3.13. The molecule has 0 radical (unpaired) electrons. The van der Waals surface area contributed by atoms with Crippen LogP contribution < -0.4 is 0 Å². The van der Waals surface area contributed by atoms with Crippen LogP contribution in [0.25, 0.3) is 11.1 Å². The highest BCUT2D eigenvalue weighted by atomic mass is 35.5. The van der Waals surface area contributed by atoms with Crippen molar-refractivity contribution in [3.05, 3.63) is 28.6 Å². The van der Waals surface area contributed by atoms with Crippen LogP contribution in [0.2, 0.25) is 10.2 Å². The van der Waals surface area contributed by atoms with Crippen molar-refractivity contribution in [2.75, 3.05) is 0 Å². The predicted molar refractivity (Wildman–Crippen MR) is 44.0 cm³/mol. The normalized spacial score (nSPS) is 10.7. The second-order valence-electron chi connectivity index (χ2n) is 2.06. The van der Waals surface area contributed by atoms with Gasteiger partial charge in [0, 0.05) is 6.07 Å². The summed E-state index contributed by atoms with van der Waals surface area (Å²) in [4.78, 5) is 3.98. The van der Waals surface area contributed by atoms with Crippen LogP contribution in [0.5, 0.6) is 0 Å². The van der Waals surface area contributed by atoms with E-state index in [4.69, 9.17) is 27.6 Å². The Morgan fingerprint density at radius 3 is 3.00 bits per heavy atom. The summed E-state index contributed by atoms with van der Waals surface area (Å²) in [5.74, 6) is 0. The molecule has 2 aromatic rings. The van der Waals surface area contributed by atoms with E-state index in [-0.39, 0.29) is 0 Å².